The smallest absolute Gasteiger partial charge is 0.366 e. The molecule has 0 spiro atoms. The summed E-state index contributed by atoms with van der Waals surface area (Å²) in [6.45, 7) is 3.44. The van der Waals surface area contributed by atoms with Gasteiger partial charge in [0.25, 0.3) is 0 Å². The maximum atomic E-state index is 11.6. The number of carbonyl (C=O) groups is 2. The van der Waals surface area contributed by atoms with Gasteiger partial charge in [-0.15, -0.1) is 0 Å². The Morgan fingerprint density at radius 2 is 1.00 bits per heavy atom. The lowest BCUT2D eigenvalue weighted by Crippen LogP contribution is -2.62. The Hall–Kier alpha value is -0.440. The second-order valence-electron chi connectivity index (χ2n) is 7.71. The van der Waals surface area contributed by atoms with E-state index in [-0.39, 0.29) is 0 Å². The molecule has 0 rings (SSSR count). The zero-order valence-corrected chi connectivity index (χ0v) is 16.5. The molecule has 0 aromatic rings. The fourth-order valence-electron chi connectivity index (χ4n) is 1.40. The van der Waals surface area contributed by atoms with Gasteiger partial charge < -0.3 is 19.2 Å². The molecular formula is C14H30N2O4S2+2. The molecule has 22 heavy (non-hydrogen) atoms. The summed E-state index contributed by atoms with van der Waals surface area (Å²) in [5.74, 6) is -0.881. The summed E-state index contributed by atoms with van der Waals surface area (Å²) in [7, 11) is 14.0. The predicted octanol–water partition coefficient (Wildman–Crippen LogP) is 1.47. The monoisotopic (exact) mass is 354 g/mol. The van der Waals surface area contributed by atoms with Crippen molar-refractivity contribution >= 4 is 33.5 Å². The Bertz CT molecular complexity index is 392. The summed E-state index contributed by atoms with van der Waals surface area (Å²) in [6.07, 6.45) is 0. The minimum atomic E-state index is -0.923. The second-order valence-corrected chi connectivity index (χ2v) is 10.2. The average molecular weight is 355 g/mol. The van der Waals surface area contributed by atoms with Crippen LogP contribution in [0.15, 0.2) is 0 Å². The summed E-state index contributed by atoms with van der Waals surface area (Å²) >= 11 is 0. The molecule has 0 aromatic carbocycles. The molecule has 0 saturated heterocycles. The molecule has 6 nitrogen and oxygen atoms in total. The standard InChI is InChI=1S/C14H28N2O4S2/c1-13(11(17)18,15(3,4)5)9-21-22-10-14(2,12(19)20)16(6,7)8/h9-10H2,1-8H3/p+2. The van der Waals surface area contributed by atoms with Crippen LogP contribution in [0.25, 0.3) is 0 Å². The van der Waals surface area contributed by atoms with E-state index < -0.39 is 23.0 Å². The molecular weight excluding hydrogens is 324 g/mol. The zero-order chi connectivity index (χ0) is 18.0. The topological polar surface area (TPSA) is 74.6 Å². The lowest BCUT2D eigenvalue weighted by Gasteiger charge is -2.41. The Kier molecular flexibility index (Phi) is 6.84. The van der Waals surface area contributed by atoms with Crippen LogP contribution in [0.1, 0.15) is 13.8 Å². The van der Waals surface area contributed by atoms with Crippen LogP contribution in [0.3, 0.4) is 0 Å². The minimum absolute atomic E-state index is 0.307. The summed E-state index contributed by atoms with van der Waals surface area (Å²) in [4.78, 5) is 23.2. The molecule has 0 aliphatic carbocycles. The van der Waals surface area contributed by atoms with Crippen LogP contribution < -0.4 is 0 Å². The number of hydrogen-bond donors (Lipinski definition) is 2. The Morgan fingerprint density at radius 1 is 0.773 bits per heavy atom. The molecule has 2 atom stereocenters. The summed E-state index contributed by atoms with van der Waals surface area (Å²) in [6, 6.07) is 0. The number of quaternary nitrogens is 2. The van der Waals surface area contributed by atoms with Crippen LogP contribution in [0.5, 0.6) is 0 Å². The highest BCUT2D eigenvalue weighted by Gasteiger charge is 2.48. The lowest BCUT2D eigenvalue weighted by molar-refractivity contribution is -0.908. The van der Waals surface area contributed by atoms with Gasteiger partial charge >= 0.3 is 11.9 Å². The molecule has 2 unspecified atom stereocenters. The van der Waals surface area contributed by atoms with Gasteiger partial charge in [0, 0.05) is 13.8 Å². The third-order valence-electron chi connectivity index (χ3n) is 4.65. The molecule has 0 heterocycles. The Morgan fingerprint density at radius 3 is 1.14 bits per heavy atom. The first-order valence-corrected chi connectivity index (χ1v) is 9.43. The van der Waals surface area contributed by atoms with Crippen molar-refractivity contribution in [1.82, 2.24) is 0 Å². The van der Waals surface area contributed by atoms with Gasteiger partial charge in [0.05, 0.1) is 53.8 Å². The number of likely N-dealkylation sites (N-methyl/N-ethyl adjacent to an activating group) is 2. The maximum Gasteiger partial charge on any atom is 0.366 e. The van der Waals surface area contributed by atoms with Gasteiger partial charge in [0.1, 0.15) is 0 Å². The molecule has 0 aliphatic heterocycles. The van der Waals surface area contributed by atoms with E-state index in [0.29, 0.717) is 20.5 Å². The third kappa shape index (κ3) is 4.53. The van der Waals surface area contributed by atoms with Crippen molar-refractivity contribution in [2.45, 2.75) is 24.9 Å². The van der Waals surface area contributed by atoms with Crippen LogP contribution in [-0.2, 0) is 9.59 Å². The van der Waals surface area contributed by atoms with E-state index in [2.05, 4.69) is 0 Å². The van der Waals surface area contributed by atoms with Gasteiger partial charge in [-0.25, -0.2) is 9.59 Å². The van der Waals surface area contributed by atoms with Crippen molar-refractivity contribution in [3.8, 4) is 0 Å². The third-order valence-corrected chi connectivity index (χ3v) is 7.38. The average Bonchev–Trinajstić information content (AvgIpc) is 2.30. The Labute approximate surface area is 141 Å². The number of carboxylic acids is 2. The first-order valence-electron chi connectivity index (χ1n) is 6.94. The van der Waals surface area contributed by atoms with Gasteiger partial charge in [-0.1, -0.05) is 21.6 Å². The number of rotatable bonds is 9. The zero-order valence-electron chi connectivity index (χ0n) is 14.8. The van der Waals surface area contributed by atoms with Crippen molar-refractivity contribution in [2.75, 3.05) is 53.8 Å². The van der Waals surface area contributed by atoms with E-state index in [1.165, 1.54) is 21.6 Å². The maximum absolute atomic E-state index is 11.6. The first-order chi connectivity index (χ1) is 9.59. The molecule has 0 radical (unpaired) electrons. The van der Waals surface area contributed by atoms with Crippen LogP contribution in [0, 0.1) is 0 Å². The molecule has 0 fully saturated rings. The predicted molar refractivity (Wildman–Crippen MR) is 93.1 cm³/mol. The highest BCUT2D eigenvalue weighted by atomic mass is 33.1. The molecule has 130 valence electrons. The SMILES string of the molecule is CC(CSSCC(C)(C(=O)O)[N+](C)(C)C)(C(=O)O)[N+](C)(C)C. The van der Waals surface area contributed by atoms with Gasteiger partial charge in [-0.05, 0) is 0 Å². The first kappa shape index (κ1) is 21.6. The molecule has 8 heteroatoms. The Balaban J connectivity index is 4.85. The van der Waals surface area contributed by atoms with Gasteiger partial charge in [-0.3, -0.25) is 0 Å². The fraction of sp³-hybridized carbons (Fsp3) is 0.857. The van der Waals surface area contributed by atoms with Gasteiger partial charge in [-0.2, -0.15) is 0 Å². The van der Waals surface area contributed by atoms with Crippen molar-refractivity contribution in [3.63, 3.8) is 0 Å². The molecule has 0 bridgehead atoms. The van der Waals surface area contributed by atoms with E-state index in [9.17, 15) is 19.8 Å². The molecule has 2 N–H and O–H groups in total. The largest absolute Gasteiger partial charge is 0.477 e. The van der Waals surface area contributed by atoms with E-state index >= 15 is 0 Å². The van der Waals surface area contributed by atoms with Gasteiger partial charge in [0.15, 0.2) is 0 Å². The van der Waals surface area contributed by atoms with Crippen molar-refractivity contribution in [1.29, 1.82) is 0 Å². The number of carboxylic acid groups (broad SMARTS) is 2. The van der Waals surface area contributed by atoms with E-state index in [1.807, 2.05) is 42.3 Å². The van der Waals surface area contributed by atoms with Crippen molar-refractivity contribution < 1.29 is 28.8 Å². The summed E-state index contributed by atoms with van der Waals surface area (Å²) in [5.41, 5.74) is -1.85. The molecule has 0 saturated carbocycles. The minimum Gasteiger partial charge on any atom is -0.477 e. The highest BCUT2D eigenvalue weighted by Crippen LogP contribution is 2.35. The van der Waals surface area contributed by atoms with Crippen LogP contribution in [0.4, 0.5) is 0 Å². The molecule has 0 aromatic heterocycles. The lowest BCUT2D eigenvalue weighted by atomic mass is 10.0. The van der Waals surface area contributed by atoms with Gasteiger partial charge in [0.2, 0.25) is 11.1 Å². The van der Waals surface area contributed by atoms with Crippen molar-refractivity contribution in [2.24, 2.45) is 0 Å². The van der Waals surface area contributed by atoms with Crippen LogP contribution in [-0.4, -0.2) is 96.0 Å². The van der Waals surface area contributed by atoms with Crippen LogP contribution in [0.2, 0.25) is 0 Å². The number of aliphatic carboxylic acids is 2. The molecule has 0 aliphatic rings. The highest BCUT2D eigenvalue weighted by molar-refractivity contribution is 8.76. The quantitative estimate of drug-likeness (QED) is 0.371. The normalized spacial score (nSPS) is 18.4. The second kappa shape index (κ2) is 6.98. The van der Waals surface area contributed by atoms with E-state index in [0.717, 1.165) is 0 Å². The summed E-state index contributed by atoms with van der Waals surface area (Å²) in [5, 5.41) is 19.0. The van der Waals surface area contributed by atoms with E-state index in [1.54, 1.807) is 13.8 Å². The molecule has 0 amide bonds. The summed E-state index contributed by atoms with van der Waals surface area (Å²) < 4.78 is 0.614. The fourth-order valence-corrected chi connectivity index (χ4v) is 4.92. The number of nitrogens with zero attached hydrogens (tertiary/aromatic N) is 2. The van der Waals surface area contributed by atoms with Crippen molar-refractivity contribution in [3.05, 3.63) is 0 Å². The van der Waals surface area contributed by atoms with Crippen LogP contribution >= 0.6 is 21.6 Å². The number of hydrogen-bond acceptors (Lipinski definition) is 4. The van der Waals surface area contributed by atoms with E-state index in [4.69, 9.17) is 0 Å².